The fourth-order valence-electron chi connectivity index (χ4n) is 3.26. The van der Waals surface area contributed by atoms with Crippen molar-refractivity contribution in [2.75, 3.05) is 18.1 Å². The molecule has 1 fully saturated rings. The largest absolute Gasteiger partial charge is 0.470 e. The Labute approximate surface area is 193 Å². The van der Waals surface area contributed by atoms with Gasteiger partial charge in [-0.2, -0.15) is 0 Å². The highest BCUT2D eigenvalue weighted by Crippen LogP contribution is 2.42. The summed E-state index contributed by atoms with van der Waals surface area (Å²) in [6.07, 6.45) is -9.12. The van der Waals surface area contributed by atoms with Gasteiger partial charge in [0.25, 0.3) is 0 Å². The van der Waals surface area contributed by atoms with Crippen LogP contribution in [0.4, 0.5) is 11.4 Å². The number of rotatable bonds is 7. The van der Waals surface area contributed by atoms with Crippen molar-refractivity contribution in [3.63, 3.8) is 0 Å². The Morgan fingerprint density at radius 2 is 1.41 bits per heavy atom. The topological polar surface area (TPSA) is 221 Å². The van der Waals surface area contributed by atoms with E-state index in [1.165, 1.54) is 36.4 Å². The molecule has 0 bridgehead atoms. The number of nitrogen functional groups attached to an aromatic ring is 2. The predicted molar refractivity (Wildman–Crippen MR) is 115 cm³/mol. The molecule has 1 heterocycles. The summed E-state index contributed by atoms with van der Waals surface area (Å²) in [7, 11) is -5.27. The zero-order chi connectivity index (χ0) is 25.0. The number of phosphoric acid groups is 1. The summed E-state index contributed by atoms with van der Waals surface area (Å²) < 4.78 is 32.1. The van der Waals surface area contributed by atoms with Gasteiger partial charge in [-0.25, -0.2) is 14.2 Å². The van der Waals surface area contributed by atoms with E-state index in [1.54, 1.807) is 12.1 Å². The molecular weight excluding hydrogens is 475 g/mol. The van der Waals surface area contributed by atoms with Crippen LogP contribution in [0.3, 0.4) is 0 Å². The number of ether oxygens (including phenoxy) is 3. The molecular formula is C20H23N2O11P. The highest BCUT2D eigenvalue weighted by Gasteiger charge is 2.52. The lowest BCUT2D eigenvalue weighted by Gasteiger charge is -2.42. The second-order valence-electron chi connectivity index (χ2n) is 7.23. The van der Waals surface area contributed by atoms with Gasteiger partial charge in [-0.05, 0) is 24.3 Å². The van der Waals surface area contributed by atoms with E-state index < -0.39 is 57.1 Å². The summed E-state index contributed by atoms with van der Waals surface area (Å²) in [5.74, 6) is -2.12. The minimum Gasteiger partial charge on any atom is -0.449 e. The van der Waals surface area contributed by atoms with Crippen LogP contribution >= 0.6 is 7.82 Å². The van der Waals surface area contributed by atoms with Crippen LogP contribution in [0.25, 0.3) is 0 Å². The molecule has 0 amide bonds. The molecule has 184 valence electrons. The number of benzene rings is 2. The van der Waals surface area contributed by atoms with E-state index in [2.05, 4.69) is 4.52 Å². The van der Waals surface area contributed by atoms with Gasteiger partial charge < -0.3 is 45.7 Å². The Morgan fingerprint density at radius 3 is 1.88 bits per heavy atom. The molecule has 3 rings (SSSR count). The Morgan fingerprint density at radius 1 is 0.912 bits per heavy atom. The second kappa shape index (κ2) is 10.5. The predicted octanol–water partition coefficient (Wildman–Crippen LogP) is -0.211. The monoisotopic (exact) mass is 498 g/mol. The highest BCUT2D eigenvalue weighted by molar-refractivity contribution is 7.46. The molecule has 2 aromatic carbocycles. The van der Waals surface area contributed by atoms with Gasteiger partial charge in [-0.15, -0.1) is 0 Å². The van der Waals surface area contributed by atoms with Crippen LogP contribution in [-0.2, 0) is 23.3 Å². The maximum Gasteiger partial charge on any atom is 0.470 e. The highest BCUT2D eigenvalue weighted by atomic mass is 31.2. The van der Waals surface area contributed by atoms with E-state index in [0.717, 1.165) is 0 Å². The number of hydrogen-bond donors (Lipinski definition) is 6. The number of hydrogen-bond acceptors (Lipinski definition) is 11. The first-order valence-corrected chi connectivity index (χ1v) is 11.3. The molecule has 0 unspecified atom stereocenters. The maximum absolute atomic E-state index is 12.8. The van der Waals surface area contributed by atoms with Gasteiger partial charge in [0.1, 0.15) is 18.3 Å². The Bertz CT molecular complexity index is 1090. The molecule has 1 saturated heterocycles. The zero-order valence-corrected chi connectivity index (χ0v) is 18.4. The standard InChI is InChI=1S/C20H23N2O11P/c21-12-7-3-1-5-10(12)18(25)31-17-16(33-34(27,28)29)15(24)14(9-23)30-20(17)32-19(26)11-6-2-4-8-13(11)22/h1-8,14-17,20,23-24H,9,21-22H2,(H2,27,28,29)/t14-,15-,16+,17-,20+/m1/s1. The van der Waals surface area contributed by atoms with Crippen LogP contribution in [0.15, 0.2) is 48.5 Å². The van der Waals surface area contributed by atoms with Crippen molar-refractivity contribution < 1.29 is 52.9 Å². The summed E-state index contributed by atoms with van der Waals surface area (Å²) in [5.41, 5.74) is 11.4. The Hall–Kier alpha value is -3.03. The van der Waals surface area contributed by atoms with E-state index in [1.807, 2.05) is 0 Å². The van der Waals surface area contributed by atoms with Crippen LogP contribution in [0.1, 0.15) is 20.7 Å². The van der Waals surface area contributed by atoms with Crippen LogP contribution in [-0.4, -0.2) is 69.3 Å². The number of para-hydroxylation sites is 2. The average molecular weight is 498 g/mol. The van der Waals surface area contributed by atoms with Gasteiger partial charge in [0.2, 0.25) is 6.29 Å². The van der Waals surface area contributed by atoms with Crippen molar-refractivity contribution in [1.29, 1.82) is 0 Å². The summed E-state index contributed by atoms with van der Waals surface area (Å²) in [6, 6.07) is 11.6. The summed E-state index contributed by atoms with van der Waals surface area (Å²) >= 11 is 0. The van der Waals surface area contributed by atoms with E-state index in [4.69, 9.17) is 25.7 Å². The second-order valence-corrected chi connectivity index (χ2v) is 8.42. The molecule has 2 aromatic rings. The Kier molecular flexibility index (Phi) is 7.89. The van der Waals surface area contributed by atoms with Crippen molar-refractivity contribution in [2.45, 2.75) is 30.7 Å². The van der Waals surface area contributed by atoms with Crippen LogP contribution < -0.4 is 11.5 Å². The number of esters is 2. The van der Waals surface area contributed by atoms with Crippen molar-refractivity contribution >= 4 is 31.1 Å². The molecule has 0 aliphatic carbocycles. The van der Waals surface area contributed by atoms with Crippen LogP contribution in [0, 0.1) is 0 Å². The minimum absolute atomic E-state index is 0.0241. The quantitative estimate of drug-likeness (QED) is 0.165. The van der Waals surface area contributed by atoms with Crippen molar-refractivity contribution in [2.24, 2.45) is 0 Å². The molecule has 34 heavy (non-hydrogen) atoms. The molecule has 5 atom stereocenters. The number of aliphatic hydroxyl groups is 2. The molecule has 14 heteroatoms. The molecule has 13 nitrogen and oxygen atoms in total. The van der Waals surface area contributed by atoms with Crippen molar-refractivity contribution in [3.05, 3.63) is 59.7 Å². The number of anilines is 2. The van der Waals surface area contributed by atoms with Gasteiger partial charge >= 0.3 is 19.8 Å². The first-order chi connectivity index (χ1) is 16.0. The fourth-order valence-corrected chi connectivity index (χ4v) is 3.82. The number of carbonyl (C=O) groups is 2. The molecule has 8 N–H and O–H groups in total. The fraction of sp³-hybridized carbons (Fsp3) is 0.300. The van der Waals surface area contributed by atoms with Gasteiger partial charge in [0, 0.05) is 11.4 Å². The smallest absolute Gasteiger partial charge is 0.449 e. The number of nitrogens with two attached hydrogens (primary N) is 2. The lowest BCUT2D eigenvalue weighted by Crippen LogP contribution is -2.61. The van der Waals surface area contributed by atoms with Gasteiger partial charge in [0.05, 0.1) is 17.7 Å². The van der Waals surface area contributed by atoms with E-state index >= 15 is 0 Å². The normalized spacial score (nSPS) is 24.9. The SMILES string of the molecule is Nc1ccccc1C(=O)O[C@@H]1O[C@H](CO)[C@@H](O)[C@H](OP(=O)(O)O)[C@H]1OC(=O)c1ccccc1N. The number of phosphoric ester groups is 1. The molecule has 0 aromatic heterocycles. The van der Waals surface area contributed by atoms with Gasteiger partial charge in [-0.3, -0.25) is 4.52 Å². The lowest BCUT2D eigenvalue weighted by molar-refractivity contribution is -0.281. The maximum atomic E-state index is 12.8. The lowest BCUT2D eigenvalue weighted by atomic mass is 9.99. The van der Waals surface area contributed by atoms with Crippen LogP contribution in [0.2, 0.25) is 0 Å². The third-order valence-electron chi connectivity index (χ3n) is 4.89. The molecule has 1 aliphatic rings. The molecule has 0 spiro atoms. The summed E-state index contributed by atoms with van der Waals surface area (Å²) in [5, 5.41) is 20.0. The molecule has 0 radical (unpaired) electrons. The van der Waals surface area contributed by atoms with E-state index in [9.17, 15) is 34.2 Å². The number of aliphatic hydroxyl groups excluding tert-OH is 2. The third-order valence-corrected chi connectivity index (χ3v) is 5.40. The van der Waals surface area contributed by atoms with Crippen LogP contribution in [0.5, 0.6) is 0 Å². The first kappa shape index (κ1) is 25.6. The van der Waals surface area contributed by atoms with Gasteiger partial charge in [0.15, 0.2) is 6.10 Å². The van der Waals surface area contributed by atoms with Crippen molar-refractivity contribution in [1.82, 2.24) is 0 Å². The molecule has 1 aliphatic heterocycles. The summed E-state index contributed by atoms with van der Waals surface area (Å²) in [4.78, 5) is 44.1. The number of carbonyl (C=O) groups excluding carboxylic acids is 2. The first-order valence-electron chi connectivity index (χ1n) is 9.81. The summed E-state index contributed by atoms with van der Waals surface area (Å²) in [6.45, 7) is -0.851. The zero-order valence-electron chi connectivity index (χ0n) is 17.5. The van der Waals surface area contributed by atoms with E-state index in [0.29, 0.717) is 0 Å². The third kappa shape index (κ3) is 5.90. The van der Waals surface area contributed by atoms with E-state index in [-0.39, 0.29) is 22.5 Å². The Balaban J connectivity index is 1.97. The molecule has 0 saturated carbocycles. The van der Waals surface area contributed by atoms with Crippen molar-refractivity contribution in [3.8, 4) is 0 Å². The average Bonchev–Trinajstić information content (AvgIpc) is 2.77. The minimum atomic E-state index is -5.27. The van der Waals surface area contributed by atoms with Gasteiger partial charge in [-0.1, -0.05) is 24.3 Å².